The number of aliphatic carboxylic acids is 1. The van der Waals surface area contributed by atoms with E-state index in [2.05, 4.69) is 9.62 Å². The van der Waals surface area contributed by atoms with Gasteiger partial charge in [-0.1, -0.05) is 48.0 Å². The molecule has 0 bridgehead atoms. The van der Waals surface area contributed by atoms with Crippen LogP contribution in [0.2, 0.25) is 5.02 Å². The van der Waals surface area contributed by atoms with Gasteiger partial charge in [0.05, 0.1) is 13.2 Å². The Kier molecular flexibility index (Phi) is 6.73. The Morgan fingerprint density at radius 1 is 1.11 bits per heavy atom. The summed E-state index contributed by atoms with van der Waals surface area (Å²) in [6, 6.07) is 18.0. The van der Waals surface area contributed by atoms with Gasteiger partial charge < -0.3 is 9.84 Å². The highest BCUT2D eigenvalue weighted by Crippen LogP contribution is 2.53. The van der Waals surface area contributed by atoms with Crippen LogP contribution in [-0.2, 0) is 26.1 Å². The third-order valence-electron chi connectivity index (χ3n) is 6.56. The highest BCUT2D eigenvalue weighted by Gasteiger charge is 2.63. The van der Waals surface area contributed by atoms with E-state index in [9.17, 15) is 18.3 Å². The lowest BCUT2D eigenvalue weighted by molar-refractivity contribution is -0.140. The SMILES string of the molecule is O=C(O)C1(NS(=O)(=O)c2ccc(-c3ccc(Cl)cc3)s2)CC1c1ccccc1CN1CCOCC1. The maximum absolute atomic E-state index is 13.3. The Balaban J connectivity index is 1.38. The van der Waals surface area contributed by atoms with Crippen LogP contribution >= 0.6 is 22.9 Å². The number of nitrogens with one attached hydrogen (secondary N) is 1. The van der Waals surface area contributed by atoms with Gasteiger partial charge in [0.2, 0.25) is 0 Å². The van der Waals surface area contributed by atoms with Crippen molar-refractivity contribution < 1.29 is 23.1 Å². The van der Waals surface area contributed by atoms with Crippen LogP contribution in [0.1, 0.15) is 23.5 Å². The van der Waals surface area contributed by atoms with E-state index in [1.165, 1.54) is 6.07 Å². The summed E-state index contributed by atoms with van der Waals surface area (Å²) in [6.07, 6.45) is 0.205. The molecule has 2 aromatic carbocycles. The smallest absolute Gasteiger partial charge is 0.325 e. The van der Waals surface area contributed by atoms with Crippen LogP contribution in [0.3, 0.4) is 0 Å². The van der Waals surface area contributed by atoms with Crippen molar-refractivity contribution in [2.24, 2.45) is 0 Å². The maximum Gasteiger partial charge on any atom is 0.325 e. The van der Waals surface area contributed by atoms with Gasteiger partial charge in [-0.2, -0.15) is 4.72 Å². The van der Waals surface area contributed by atoms with Crippen molar-refractivity contribution in [1.29, 1.82) is 0 Å². The molecule has 1 aliphatic heterocycles. The topological polar surface area (TPSA) is 95.9 Å². The van der Waals surface area contributed by atoms with Crippen LogP contribution in [0.25, 0.3) is 10.4 Å². The van der Waals surface area contributed by atoms with Crippen LogP contribution in [0, 0.1) is 0 Å². The quantitative estimate of drug-likeness (QED) is 0.451. The third kappa shape index (κ3) is 5.02. The number of thiophene rings is 1. The van der Waals surface area contributed by atoms with Gasteiger partial charge in [-0.05, 0) is 47.4 Å². The van der Waals surface area contributed by atoms with E-state index in [1.807, 2.05) is 36.4 Å². The Hall–Kier alpha value is -2.27. The molecule has 7 nitrogen and oxygen atoms in total. The number of rotatable bonds is 8. The number of carboxylic acids is 1. The third-order valence-corrected chi connectivity index (χ3v) is 9.95. The first-order valence-electron chi connectivity index (χ1n) is 11.3. The summed E-state index contributed by atoms with van der Waals surface area (Å²) in [5.41, 5.74) is 1.17. The maximum atomic E-state index is 13.3. The Bertz CT molecular complexity index is 1340. The molecule has 184 valence electrons. The minimum Gasteiger partial charge on any atom is -0.480 e. The van der Waals surface area contributed by atoms with Crippen LogP contribution in [0.4, 0.5) is 0 Å². The number of nitrogens with zero attached hydrogens (tertiary/aromatic N) is 1. The molecule has 1 saturated carbocycles. The predicted molar refractivity (Wildman–Crippen MR) is 135 cm³/mol. The second-order valence-corrected chi connectivity index (χ2v) is 12.3. The molecule has 1 aliphatic carbocycles. The fourth-order valence-electron chi connectivity index (χ4n) is 4.57. The minimum absolute atomic E-state index is 0.0790. The number of morpholine rings is 1. The second-order valence-electron chi connectivity index (χ2n) is 8.85. The lowest BCUT2D eigenvalue weighted by Gasteiger charge is -2.27. The first-order chi connectivity index (χ1) is 16.8. The minimum atomic E-state index is -4.04. The molecule has 0 spiro atoms. The molecule has 2 atom stereocenters. The number of benzene rings is 2. The molecule has 2 aliphatic rings. The van der Waals surface area contributed by atoms with Crippen LogP contribution in [0.15, 0.2) is 64.9 Å². The number of ether oxygens (including phenoxy) is 1. The van der Waals surface area contributed by atoms with Crippen LogP contribution in [-0.4, -0.2) is 56.2 Å². The number of carboxylic acid groups (broad SMARTS) is 1. The van der Waals surface area contributed by atoms with E-state index in [0.717, 1.165) is 46.0 Å². The van der Waals surface area contributed by atoms with E-state index in [1.54, 1.807) is 18.2 Å². The van der Waals surface area contributed by atoms with E-state index in [0.29, 0.717) is 24.8 Å². The molecule has 0 radical (unpaired) electrons. The molecular formula is C25H25ClN2O5S2. The normalized spacial score (nSPS) is 22.7. The van der Waals surface area contributed by atoms with Crippen molar-refractivity contribution in [3.63, 3.8) is 0 Å². The zero-order valence-electron chi connectivity index (χ0n) is 18.8. The van der Waals surface area contributed by atoms with Gasteiger partial charge in [-0.25, -0.2) is 8.42 Å². The van der Waals surface area contributed by atoms with E-state index >= 15 is 0 Å². The average Bonchev–Trinajstić information content (AvgIpc) is 3.32. The van der Waals surface area contributed by atoms with Gasteiger partial charge in [0.15, 0.2) is 0 Å². The molecule has 2 heterocycles. The summed E-state index contributed by atoms with van der Waals surface area (Å²) in [5.74, 6) is -1.61. The van der Waals surface area contributed by atoms with Gasteiger partial charge in [0, 0.05) is 35.5 Å². The van der Waals surface area contributed by atoms with E-state index in [-0.39, 0.29) is 10.6 Å². The molecule has 10 heteroatoms. The van der Waals surface area contributed by atoms with E-state index in [4.69, 9.17) is 16.3 Å². The number of hydrogen-bond donors (Lipinski definition) is 2. The van der Waals surface area contributed by atoms with Gasteiger partial charge >= 0.3 is 5.97 Å². The standard InChI is InChI=1S/C25H25ClN2O5S2/c26-19-7-5-17(6-8-19)22-9-10-23(34-22)35(31,32)27-25(24(29)30)15-21(25)20-4-2-1-3-18(20)16-28-11-13-33-14-12-28/h1-10,21,27H,11-16H2,(H,29,30). The molecule has 1 aromatic heterocycles. The molecule has 3 aromatic rings. The summed E-state index contributed by atoms with van der Waals surface area (Å²) in [4.78, 5) is 15.4. The molecular weight excluding hydrogens is 508 g/mol. The van der Waals surface area contributed by atoms with Gasteiger partial charge in [-0.3, -0.25) is 9.69 Å². The summed E-state index contributed by atoms with van der Waals surface area (Å²) in [6.45, 7) is 3.63. The van der Waals surface area contributed by atoms with Crippen molar-refractivity contribution in [1.82, 2.24) is 9.62 Å². The van der Waals surface area contributed by atoms with Crippen molar-refractivity contribution >= 4 is 38.9 Å². The number of carbonyl (C=O) groups is 1. The molecule has 2 fully saturated rings. The first kappa shape index (κ1) is 24.4. The highest BCUT2D eigenvalue weighted by atomic mass is 35.5. The summed E-state index contributed by atoms with van der Waals surface area (Å²) in [5, 5.41) is 10.7. The van der Waals surface area contributed by atoms with Crippen molar-refractivity contribution in [2.45, 2.75) is 28.6 Å². The number of halogens is 1. The Morgan fingerprint density at radius 3 is 2.54 bits per heavy atom. The zero-order chi connectivity index (χ0) is 24.6. The summed E-state index contributed by atoms with van der Waals surface area (Å²) < 4.78 is 34.6. The van der Waals surface area contributed by atoms with E-state index < -0.39 is 27.4 Å². The average molecular weight is 533 g/mol. The predicted octanol–water partition coefficient (Wildman–Crippen LogP) is 4.19. The number of hydrogen-bond acceptors (Lipinski definition) is 6. The monoisotopic (exact) mass is 532 g/mol. The Morgan fingerprint density at radius 2 is 1.83 bits per heavy atom. The first-order valence-corrected chi connectivity index (χ1v) is 14.0. The van der Waals surface area contributed by atoms with Gasteiger partial charge in [0.25, 0.3) is 10.0 Å². The second kappa shape index (κ2) is 9.65. The lowest BCUT2D eigenvalue weighted by atomic mass is 9.99. The van der Waals surface area contributed by atoms with Crippen molar-refractivity contribution in [3.8, 4) is 10.4 Å². The van der Waals surface area contributed by atoms with Crippen molar-refractivity contribution in [3.05, 3.63) is 76.8 Å². The fourth-order valence-corrected chi connectivity index (χ4v) is 7.42. The molecule has 5 rings (SSSR count). The van der Waals surface area contributed by atoms with Crippen molar-refractivity contribution in [2.75, 3.05) is 26.3 Å². The summed E-state index contributed by atoms with van der Waals surface area (Å²) >= 11 is 7.05. The molecule has 2 N–H and O–H groups in total. The van der Waals surface area contributed by atoms with Crippen LogP contribution in [0.5, 0.6) is 0 Å². The fraction of sp³-hybridized carbons (Fsp3) is 0.320. The van der Waals surface area contributed by atoms with Gasteiger partial charge in [-0.15, -0.1) is 11.3 Å². The largest absolute Gasteiger partial charge is 0.480 e. The van der Waals surface area contributed by atoms with Gasteiger partial charge in [0.1, 0.15) is 9.75 Å². The molecule has 35 heavy (non-hydrogen) atoms. The molecule has 0 amide bonds. The van der Waals surface area contributed by atoms with Crippen LogP contribution < -0.4 is 4.72 Å². The molecule has 2 unspecified atom stereocenters. The summed E-state index contributed by atoms with van der Waals surface area (Å²) in [7, 11) is -4.04. The molecule has 1 saturated heterocycles. The lowest BCUT2D eigenvalue weighted by Crippen LogP contribution is -2.44. The zero-order valence-corrected chi connectivity index (χ0v) is 21.2. The highest BCUT2D eigenvalue weighted by molar-refractivity contribution is 7.91. The number of sulfonamides is 1. The Labute approximate surface area is 213 Å².